The van der Waals surface area contributed by atoms with Crippen LogP contribution in [0.25, 0.3) is 0 Å². The minimum absolute atomic E-state index is 0.0624. The molecule has 25 heavy (non-hydrogen) atoms. The van der Waals surface area contributed by atoms with Gasteiger partial charge in [0, 0.05) is 58.2 Å². The molecule has 1 unspecified atom stereocenters. The number of carbonyl (C=O) groups excluding carboxylic acids is 2. The minimum atomic E-state index is -0.162. The van der Waals surface area contributed by atoms with Crippen LogP contribution in [0.3, 0.4) is 0 Å². The second kappa shape index (κ2) is 7.52. The van der Waals surface area contributed by atoms with E-state index in [0.29, 0.717) is 37.6 Å². The molecule has 3 rings (SSSR count). The lowest BCUT2D eigenvalue weighted by Crippen LogP contribution is -2.51. The van der Waals surface area contributed by atoms with Crippen LogP contribution in [0.2, 0.25) is 0 Å². The van der Waals surface area contributed by atoms with Crippen molar-refractivity contribution in [3.05, 3.63) is 30.1 Å². The number of aromatic nitrogens is 1. The Kier molecular flexibility index (Phi) is 5.37. The molecule has 1 atom stereocenters. The average molecular weight is 345 g/mol. The molecule has 0 aromatic carbocycles. The van der Waals surface area contributed by atoms with Gasteiger partial charge in [-0.05, 0) is 43.7 Å². The third-order valence-corrected chi connectivity index (χ3v) is 5.45. The second-order valence-electron chi connectivity index (χ2n) is 7.41. The number of ether oxygens (including phenoxy) is 1. The Bertz CT molecular complexity index is 610. The van der Waals surface area contributed by atoms with Crippen molar-refractivity contribution >= 4 is 11.8 Å². The third-order valence-electron chi connectivity index (χ3n) is 5.45. The van der Waals surface area contributed by atoms with Gasteiger partial charge in [-0.3, -0.25) is 14.6 Å². The number of amides is 2. The molecule has 0 N–H and O–H groups in total. The average Bonchev–Trinajstić information content (AvgIpc) is 2.62. The van der Waals surface area contributed by atoms with Gasteiger partial charge in [0.25, 0.3) is 5.91 Å². The van der Waals surface area contributed by atoms with Crippen molar-refractivity contribution in [2.75, 3.05) is 33.8 Å². The number of carbonyl (C=O) groups is 2. The first-order chi connectivity index (χ1) is 12.0. The summed E-state index contributed by atoms with van der Waals surface area (Å²) in [4.78, 5) is 32.1. The Morgan fingerprint density at radius 1 is 1.28 bits per heavy atom. The van der Waals surface area contributed by atoms with Crippen molar-refractivity contribution in [3.8, 4) is 0 Å². The van der Waals surface area contributed by atoms with Crippen LogP contribution >= 0.6 is 0 Å². The van der Waals surface area contributed by atoms with Crippen LogP contribution in [0, 0.1) is 5.92 Å². The van der Waals surface area contributed by atoms with E-state index in [2.05, 4.69) is 4.98 Å². The van der Waals surface area contributed by atoms with Gasteiger partial charge in [0.15, 0.2) is 0 Å². The number of likely N-dealkylation sites (tertiary alicyclic amines) is 1. The van der Waals surface area contributed by atoms with Gasteiger partial charge in [-0.15, -0.1) is 0 Å². The van der Waals surface area contributed by atoms with Gasteiger partial charge in [-0.2, -0.15) is 0 Å². The molecule has 0 bridgehead atoms. The standard InChI is InChI=1S/C19H27N3O3/c1-21(2)17(23)13-15-5-12-25-19(14-15)6-10-22(11-7-19)18(24)16-3-8-20-9-4-16/h3-4,8-9,15H,5-7,10-14H2,1-2H3. The lowest BCUT2D eigenvalue weighted by Gasteiger charge is -2.46. The summed E-state index contributed by atoms with van der Waals surface area (Å²) in [6.07, 6.45) is 7.44. The molecule has 136 valence electrons. The van der Waals surface area contributed by atoms with Crippen molar-refractivity contribution in [3.63, 3.8) is 0 Å². The highest BCUT2D eigenvalue weighted by Gasteiger charge is 2.41. The van der Waals surface area contributed by atoms with E-state index in [4.69, 9.17) is 4.74 Å². The molecule has 6 heteroatoms. The minimum Gasteiger partial charge on any atom is -0.375 e. The van der Waals surface area contributed by atoms with Gasteiger partial charge in [0.2, 0.25) is 5.91 Å². The Morgan fingerprint density at radius 2 is 1.96 bits per heavy atom. The maximum atomic E-state index is 12.6. The number of rotatable bonds is 3. The number of pyridine rings is 1. The van der Waals surface area contributed by atoms with E-state index < -0.39 is 0 Å². The number of piperidine rings is 1. The summed E-state index contributed by atoms with van der Waals surface area (Å²) in [6, 6.07) is 3.51. The smallest absolute Gasteiger partial charge is 0.253 e. The quantitative estimate of drug-likeness (QED) is 0.840. The molecule has 2 amide bonds. The van der Waals surface area contributed by atoms with Crippen LogP contribution < -0.4 is 0 Å². The molecule has 2 fully saturated rings. The molecule has 0 aliphatic carbocycles. The van der Waals surface area contributed by atoms with Crippen LogP contribution in [0.15, 0.2) is 24.5 Å². The molecule has 1 aromatic heterocycles. The summed E-state index contributed by atoms with van der Waals surface area (Å²) >= 11 is 0. The van der Waals surface area contributed by atoms with Gasteiger partial charge in [0.05, 0.1) is 5.60 Å². The van der Waals surface area contributed by atoms with E-state index in [1.165, 1.54) is 0 Å². The SMILES string of the molecule is CN(C)C(=O)CC1CCOC2(CCN(C(=O)c3ccncc3)CC2)C1. The zero-order chi connectivity index (χ0) is 17.9. The largest absolute Gasteiger partial charge is 0.375 e. The lowest BCUT2D eigenvalue weighted by atomic mass is 9.78. The van der Waals surface area contributed by atoms with E-state index in [9.17, 15) is 9.59 Å². The molecule has 0 saturated carbocycles. The zero-order valence-corrected chi connectivity index (χ0v) is 15.1. The molecule has 6 nitrogen and oxygen atoms in total. The predicted octanol–water partition coefficient (Wildman–Crippen LogP) is 1.96. The summed E-state index contributed by atoms with van der Waals surface area (Å²) in [5.74, 6) is 0.630. The van der Waals surface area contributed by atoms with E-state index in [1.54, 1.807) is 43.5 Å². The first kappa shape index (κ1) is 17.9. The normalized spacial score (nSPS) is 22.6. The molecule has 2 aliphatic heterocycles. The van der Waals surface area contributed by atoms with Crippen molar-refractivity contribution < 1.29 is 14.3 Å². The highest BCUT2D eigenvalue weighted by molar-refractivity contribution is 5.94. The summed E-state index contributed by atoms with van der Waals surface area (Å²) in [6.45, 7) is 2.12. The molecular formula is C19H27N3O3. The highest BCUT2D eigenvalue weighted by atomic mass is 16.5. The van der Waals surface area contributed by atoms with Crippen LogP contribution in [-0.4, -0.2) is 66.0 Å². The van der Waals surface area contributed by atoms with Gasteiger partial charge >= 0.3 is 0 Å². The van der Waals surface area contributed by atoms with E-state index in [0.717, 1.165) is 25.7 Å². The number of nitrogens with zero attached hydrogens (tertiary/aromatic N) is 3. The molecular weight excluding hydrogens is 318 g/mol. The Balaban J connectivity index is 1.57. The summed E-state index contributed by atoms with van der Waals surface area (Å²) < 4.78 is 6.14. The van der Waals surface area contributed by atoms with Gasteiger partial charge in [0.1, 0.15) is 0 Å². The third kappa shape index (κ3) is 4.18. The molecule has 2 saturated heterocycles. The Morgan fingerprint density at radius 3 is 2.60 bits per heavy atom. The maximum absolute atomic E-state index is 12.6. The number of hydrogen-bond acceptors (Lipinski definition) is 4. The fourth-order valence-electron chi connectivity index (χ4n) is 3.88. The van der Waals surface area contributed by atoms with Crippen molar-refractivity contribution in [2.24, 2.45) is 5.92 Å². The van der Waals surface area contributed by atoms with Gasteiger partial charge < -0.3 is 14.5 Å². The van der Waals surface area contributed by atoms with Gasteiger partial charge in [-0.1, -0.05) is 0 Å². The monoisotopic (exact) mass is 345 g/mol. The zero-order valence-electron chi connectivity index (χ0n) is 15.1. The summed E-state index contributed by atoms with van der Waals surface area (Å²) in [5.41, 5.74) is 0.523. The van der Waals surface area contributed by atoms with Crippen LogP contribution in [0.1, 0.15) is 42.5 Å². The Labute approximate surface area is 149 Å². The van der Waals surface area contributed by atoms with Crippen LogP contribution in [0.5, 0.6) is 0 Å². The predicted molar refractivity (Wildman–Crippen MR) is 94.1 cm³/mol. The fraction of sp³-hybridized carbons (Fsp3) is 0.632. The van der Waals surface area contributed by atoms with E-state index >= 15 is 0 Å². The first-order valence-corrected chi connectivity index (χ1v) is 9.02. The molecule has 2 aliphatic rings. The first-order valence-electron chi connectivity index (χ1n) is 9.02. The van der Waals surface area contributed by atoms with Crippen LogP contribution in [-0.2, 0) is 9.53 Å². The van der Waals surface area contributed by atoms with E-state index in [1.807, 2.05) is 4.90 Å². The van der Waals surface area contributed by atoms with Crippen LogP contribution in [0.4, 0.5) is 0 Å². The van der Waals surface area contributed by atoms with Gasteiger partial charge in [-0.25, -0.2) is 0 Å². The molecule has 1 spiro atoms. The Hall–Kier alpha value is -1.95. The molecule has 1 aromatic rings. The van der Waals surface area contributed by atoms with Crippen molar-refractivity contribution in [1.82, 2.24) is 14.8 Å². The van der Waals surface area contributed by atoms with Crippen molar-refractivity contribution in [1.29, 1.82) is 0 Å². The second-order valence-corrected chi connectivity index (χ2v) is 7.41. The summed E-state index contributed by atoms with van der Waals surface area (Å²) in [5, 5.41) is 0. The highest BCUT2D eigenvalue weighted by Crippen LogP contribution is 2.39. The molecule has 0 radical (unpaired) electrons. The molecule has 3 heterocycles. The number of hydrogen-bond donors (Lipinski definition) is 0. The van der Waals surface area contributed by atoms with E-state index in [-0.39, 0.29) is 17.4 Å². The topological polar surface area (TPSA) is 62.7 Å². The van der Waals surface area contributed by atoms with Crippen molar-refractivity contribution in [2.45, 2.75) is 37.7 Å². The fourth-order valence-corrected chi connectivity index (χ4v) is 3.88. The maximum Gasteiger partial charge on any atom is 0.253 e. The lowest BCUT2D eigenvalue weighted by molar-refractivity contribution is -0.139. The summed E-state index contributed by atoms with van der Waals surface area (Å²) in [7, 11) is 3.61.